The Hall–Kier alpha value is -1.10. The van der Waals surface area contributed by atoms with Gasteiger partial charge in [-0.3, -0.25) is 14.8 Å². The molecule has 8 heteroatoms. The van der Waals surface area contributed by atoms with Gasteiger partial charge in [0.1, 0.15) is 5.75 Å². The van der Waals surface area contributed by atoms with Crippen LogP contribution in [-0.4, -0.2) is 88.4 Å². The van der Waals surface area contributed by atoms with Gasteiger partial charge < -0.3 is 20.1 Å². The number of methoxy groups -OCH3 is 2. The minimum Gasteiger partial charge on any atom is -0.496 e. The number of ether oxygens (including phenoxy) is 2. The summed E-state index contributed by atoms with van der Waals surface area (Å²) in [6.45, 7) is 9.81. The van der Waals surface area contributed by atoms with Gasteiger partial charge in [-0.25, -0.2) is 0 Å². The quantitative estimate of drug-likeness (QED) is 0.247. The first-order chi connectivity index (χ1) is 15.3. The van der Waals surface area contributed by atoms with E-state index in [0.29, 0.717) is 12.6 Å². The molecule has 2 atom stereocenters. The lowest BCUT2D eigenvalue weighted by Gasteiger charge is -2.28. The molecule has 0 bridgehead atoms. The largest absolute Gasteiger partial charge is 0.496 e. The summed E-state index contributed by atoms with van der Waals surface area (Å²) in [5.41, 5.74) is 1.23. The van der Waals surface area contributed by atoms with E-state index >= 15 is 0 Å². The van der Waals surface area contributed by atoms with Crippen LogP contribution in [0.5, 0.6) is 5.75 Å². The van der Waals surface area contributed by atoms with Gasteiger partial charge in [-0.2, -0.15) is 0 Å². The fourth-order valence-corrected chi connectivity index (χ4v) is 4.77. The summed E-state index contributed by atoms with van der Waals surface area (Å²) < 4.78 is 11.0. The van der Waals surface area contributed by atoms with Crippen LogP contribution in [0.25, 0.3) is 0 Å². The Morgan fingerprint density at radius 1 is 1.12 bits per heavy atom. The second-order valence-electron chi connectivity index (χ2n) is 8.43. The Labute approximate surface area is 211 Å². The monoisotopic (exact) mass is 559 g/mol. The Morgan fingerprint density at radius 2 is 1.91 bits per heavy atom. The second kappa shape index (κ2) is 14.9. The predicted octanol–water partition coefficient (Wildman–Crippen LogP) is 3.12. The topological polar surface area (TPSA) is 61.4 Å². The summed E-state index contributed by atoms with van der Waals surface area (Å²) >= 11 is 0. The van der Waals surface area contributed by atoms with E-state index in [1.165, 1.54) is 31.2 Å². The lowest BCUT2D eigenvalue weighted by molar-refractivity contribution is 0.141. The van der Waals surface area contributed by atoms with Crippen LogP contribution in [0.4, 0.5) is 0 Å². The van der Waals surface area contributed by atoms with E-state index in [9.17, 15) is 0 Å². The predicted molar refractivity (Wildman–Crippen MR) is 142 cm³/mol. The zero-order valence-corrected chi connectivity index (χ0v) is 22.3. The number of hydrogen-bond acceptors (Lipinski definition) is 5. The minimum absolute atomic E-state index is 0. The zero-order chi connectivity index (χ0) is 21.9. The van der Waals surface area contributed by atoms with Crippen LogP contribution < -0.4 is 15.4 Å². The fourth-order valence-electron chi connectivity index (χ4n) is 4.77. The molecule has 0 saturated carbocycles. The molecule has 1 aromatic carbocycles. The molecule has 0 spiro atoms. The maximum atomic E-state index is 5.68. The Balaban J connectivity index is 0.00000363. The number of nitrogens with one attached hydrogen (secondary N) is 2. The lowest BCUT2D eigenvalue weighted by Crippen LogP contribution is -2.45. The highest BCUT2D eigenvalue weighted by atomic mass is 127. The third-order valence-electron chi connectivity index (χ3n) is 6.43. The molecule has 3 rings (SSSR count). The Kier molecular flexibility index (Phi) is 12.7. The zero-order valence-electron chi connectivity index (χ0n) is 20.0. The Morgan fingerprint density at radius 3 is 2.62 bits per heavy atom. The van der Waals surface area contributed by atoms with Gasteiger partial charge in [0.05, 0.1) is 26.3 Å². The highest BCUT2D eigenvalue weighted by molar-refractivity contribution is 14.0. The normalized spacial score (nSPS) is 20.7. The molecule has 0 amide bonds. The van der Waals surface area contributed by atoms with Crippen LogP contribution in [-0.2, 0) is 4.74 Å². The maximum Gasteiger partial charge on any atom is 0.191 e. The molecule has 0 radical (unpaired) electrons. The van der Waals surface area contributed by atoms with Crippen LogP contribution in [0.1, 0.15) is 44.2 Å². The molecule has 32 heavy (non-hydrogen) atoms. The van der Waals surface area contributed by atoms with Crippen molar-refractivity contribution in [3.05, 3.63) is 29.8 Å². The molecule has 2 aliphatic heterocycles. The first kappa shape index (κ1) is 27.1. The number of benzene rings is 1. The number of guanidine groups is 1. The van der Waals surface area contributed by atoms with Crippen molar-refractivity contribution in [3.63, 3.8) is 0 Å². The van der Waals surface area contributed by atoms with Crippen LogP contribution in [0.2, 0.25) is 0 Å². The minimum atomic E-state index is 0. The molecule has 2 unspecified atom stereocenters. The van der Waals surface area contributed by atoms with Crippen molar-refractivity contribution in [3.8, 4) is 5.75 Å². The first-order valence-electron chi connectivity index (χ1n) is 11.9. The van der Waals surface area contributed by atoms with E-state index in [2.05, 4.69) is 45.6 Å². The standard InChI is InChI=1S/C24H41N5O2.HI/c1-4-25-24(26-18-20-10-9-15-28(20)16-17-30-2)27-19-22(29-13-7-8-14-29)21-11-5-6-12-23(21)31-3;/h5-6,11-12,20,22H,4,7-10,13-19H2,1-3H3,(H2,25,26,27);1H. The molecule has 182 valence electrons. The maximum absolute atomic E-state index is 5.68. The van der Waals surface area contributed by atoms with Gasteiger partial charge in [-0.15, -0.1) is 24.0 Å². The molecule has 0 aliphatic carbocycles. The van der Waals surface area contributed by atoms with E-state index in [1.54, 1.807) is 14.2 Å². The van der Waals surface area contributed by atoms with Crippen LogP contribution in [0.3, 0.4) is 0 Å². The van der Waals surface area contributed by atoms with Crippen molar-refractivity contribution >= 4 is 29.9 Å². The van der Waals surface area contributed by atoms with Crippen LogP contribution >= 0.6 is 24.0 Å². The van der Waals surface area contributed by atoms with Gasteiger partial charge in [0.15, 0.2) is 5.96 Å². The molecule has 2 aliphatic rings. The molecular weight excluding hydrogens is 517 g/mol. The third-order valence-corrected chi connectivity index (χ3v) is 6.43. The third kappa shape index (κ3) is 7.74. The van der Waals surface area contributed by atoms with E-state index in [4.69, 9.17) is 14.5 Å². The SMILES string of the molecule is CCNC(=NCC(c1ccccc1OC)N1CCCC1)NCC1CCCN1CCOC.I. The van der Waals surface area contributed by atoms with Gasteiger partial charge in [0, 0.05) is 38.3 Å². The average Bonchev–Trinajstić information content (AvgIpc) is 3.48. The molecule has 1 aromatic rings. The van der Waals surface area contributed by atoms with Crippen molar-refractivity contribution in [2.24, 2.45) is 4.99 Å². The van der Waals surface area contributed by atoms with Crippen molar-refractivity contribution in [2.45, 2.75) is 44.7 Å². The van der Waals surface area contributed by atoms with Gasteiger partial charge in [-0.1, -0.05) is 18.2 Å². The summed E-state index contributed by atoms with van der Waals surface area (Å²) in [7, 11) is 3.53. The number of nitrogens with zero attached hydrogens (tertiary/aromatic N) is 3. The number of halogens is 1. The number of para-hydroxylation sites is 1. The smallest absolute Gasteiger partial charge is 0.191 e. The molecule has 7 nitrogen and oxygen atoms in total. The molecule has 2 saturated heterocycles. The summed E-state index contributed by atoms with van der Waals surface area (Å²) in [6, 6.07) is 9.16. The van der Waals surface area contributed by atoms with Gasteiger partial charge >= 0.3 is 0 Å². The van der Waals surface area contributed by atoms with E-state index in [0.717, 1.165) is 57.6 Å². The van der Waals surface area contributed by atoms with Crippen LogP contribution in [0.15, 0.2) is 29.3 Å². The van der Waals surface area contributed by atoms with E-state index < -0.39 is 0 Å². The Bertz CT molecular complexity index is 684. The number of aliphatic imine (C=N–C) groups is 1. The van der Waals surface area contributed by atoms with Crippen molar-refractivity contribution in [1.82, 2.24) is 20.4 Å². The number of likely N-dealkylation sites (tertiary alicyclic amines) is 2. The van der Waals surface area contributed by atoms with Crippen LogP contribution in [0, 0.1) is 0 Å². The van der Waals surface area contributed by atoms with Gasteiger partial charge in [-0.05, 0) is 58.3 Å². The summed E-state index contributed by atoms with van der Waals surface area (Å²) in [4.78, 5) is 10.1. The highest BCUT2D eigenvalue weighted by Gasteiger charge is 2.26. The van der Waals surface area contributed by atoms with Crippen molar-refractivity contribution < 1.29 is 9.47 Å². The number of hydrogen-bond donors (Lipinski definition) is 2. The van der Waals surface area contributed by atoms with E-state index in [-0.39, 0.29) is 30.0 Å². The van der Waals surface area contributed by atoms with E-state index in [1.807, 2.05) is 6.07 Å². The fraction of sp³-hybridized carbons (Fsp3) is 0.708. The highest BCUT2D eigenvalue weighted by Crippen LogP contribution is 2.31. The molecule has 2 heterocycles. The molecule has 0 aromatic heterocycles. The summed E-state index contributed by atoms with van der Waals surface area (Å²) in [5, 5.41) is 7.04. The first-order valence-corrected chi connectivity index (χ1v) is 11.9. The van der Waals surface area contributed by atoms with Gasteiger partial charge in [0.25, 0.3) is 0 Å². The average molecular weight is 560 g/mol. The lowest BCUT2D eigenvalue weighted by atomic mass is 10.0. The second-order valence-corrected chi connectivity index (χ2v) is 8.43. The molecule has 2 N–H and O–H groups in total. The molecule has 2 fully saturated rings. The van der Waals surface area contributed by atoms with Crippen molar-refractivity contribution in [2.75, 3.05) is 66.6 Å². The summed E-state index contributed by atoms with van der Waals surface area (Å²) in [5.74, 6) is 1.85. The van der Waals surface area contributed by atoms with Gasteiger partial charge in [0.2, 0.25) is 0 Å². The van der Waals surface area contributed by atoms with Crippen molar-refractivity contribution in [1.29, 1.82) is 0 Å². The number of rotatable bonds is 11. The summed E-state index contributed by atoms with van der Waals surface area (Å²) in [6.07, 6.45) is 5.00. The molecular formula is C24H42IN5O2.